The molecule has 0 saturated heterocycles. The molecule has 3 nitrogen and oxygen atoms in total. The molecule has 0 spiro atoms. The van der Waals surface area contributed by atoms with Crippen LogP contribution in [0.2, 0.25) is 0 Å². The molecule has 1 rings (SSSR count). The Balaban J connectivity index is 2.42. The minimum atomic E-state index is -0.120. The first-order chi connectivity index (χ1) is 7.06. The van der Waals surface area contributed by atoms with E-state index in [9.17, 15) is 9.59 Å². The molecule has 0 radical (unpaired) electrons. The molecule has 15 heavy (non-hydrogen) atoms. The van der Waals surface area contributed by atoms with Crippen molar-refractivity contribution < 1.29 is 14.3 Å². The Kier molecular flexibility index (Phi) is 4.30. The van der Waals surface area contributed by atoms with Gasteiger partial charge in [-0.1, -0.05) is 13.8 Å². The van der Waals surface area contributed by atoms with Crippen molar-refractivity contribution in [1.82, 2.24) is 0 Å². The molecule has 0 atom stereocenters. The molecular formula is C12H20O3. The molecule has 0 amide bonds. The van der Waals surface area contributed by atoms with E-state index >= 15 is 0 Å². The van der Waals surface area contributed by atoms with Gasteiger partial charge in [0.1, 0.15) is 5.78 Å². The average molecular weight is 212 g/mol. The SMILES string of the molecule is COC(=O)C1CCC(C(=O)C(C)C)CC1. The van der Waals surface area contributed by atoms with Gasteiger partial charge < -0.3 is 4.74 Å². The van der Waals surface area contributed by atoms with Crippen LogP contribution in [-0.4, -0.2) is 18.9 Å². The van der Waals surface area contributed by atoms with E-state index in [4.69, 9.17) is 4.74 Å². The van der Waals surface area contributed by atoms with Crippen molar-refractivity contribution in [3.05, 3.63) is 0 Å². The Hall–Kier alpha value is -0.860. The summed E-state index contributed by atoms with van der Waals surface area (Å²) >= 11 is 0. The number of carbonyl (C=O) groups is 2. The molecule has 0 heterocycles. The molecule has 0 aromatic heterocycles. The fourth-order valence-electron chi connectivity index (χ4n) is 2.25. The highest BCUT2D eigenvalue weighted by Gasteiger charge is 2.30. The zero-order valence-corrected chi connectivity index (χ0v) is 9.79. The average Bonchev–Trinajstić information content (AvgIpc) is 2.27. The standard InChI is InChI=1S/C12H20O3/c1-8(2)11(13)9-4-6-10(7-5-9)12(14)15-3/h8-10H,4-7H2,1-3H3. The van der Waals surface area contributed by atoms with Crippen molar-refractivity contribution in [3.8, 4) is 0 Å². The van der Waals surface area contributed by atoms with E-state index < -0.39 is 0 Å². The Morgan fingerprint density at radius 2 is 1.53 bits per heavy atom. The van der Waals surface area contributed by atoms with E-state index in [1.165, 1.54) is 7.11 Å². The second kappa shape index (κ2) is 5.29. The van der Waals surface area contributed by atoms with Gasteiger partial charge in [0, 0.05) is 11.8 Å². The summed E-state index contributed by atoms with van der Waals surface area (Å²) in [7, 11) is 1.42. The summed E-state index contributed by atoms with van der Waals surface area (Å²) < 4.78 is 4.71. The largest absolute Gasteiger partial charge is 0.469 e. The highest BCUT2D eigenvalue weighted by Crippen LogP contribution is 2.31. The first kappa shape index (κ1) is 12.2. The van der Waals surface area contributed by atoms with Crippen LogP contribution in [0.3, 0.4) is 0 Å². The van der Waals surface area contributed by atoms with Crippen LogP contribution < -0.4 is 0 Å². The first-order valence-electron chi connectivity index (χ1n) is 5.67. The Labute approximate surface area is 91.2 Å². The van der Waals surface area contributed by atoms with E-state index in [1.807, 2.05) is 13.8 Å². The third kappa shape index (κ3) is 3.05. The van der Waals surface area contributed by atoms with E-state index in [2.05, 4.69) is 0 Å². The topological polar surface area (TPSA) is 43.4 Å². The fourth-order valence-corrected chi connectivity index (χ4v) is 2.25. The highest BCUT2D eigenvalue weighted by atomic mass is 16.5. The molecule has 1 saturated carbocycles. The van der Waals surface area contributed by atoms with E-state index in [0.717, 1.165) is 25.7 Å². The zero-order chi connectivity index (χ0) is 11.4. The Morgan fingerprint density at radius 3 is 1.93 bits per heavy atom. The van der Waals surface area contributed by atoms with Gasteiger partial charge in [0.25, 0.3) is 0 Å². The number of hydrogen-bond acceptors (Lipinski definition) is 3. The second-order valence-electron chi connectivity index (χ2n) is 4.63. The lowest BCUT2D eigenvalue weighted by atomic mass is 9.78. The Bertz CT molecular complexity index is 237. The third-order valence-electron chi connectivity index (χ3n) is 3.23. The van der Waals surface area contributed by atoms with Gasteiger partial charge in [0.05, 0.1) is 13.0 Å². The summed E-state index contributed by atoms with van der Waals surface area (Å²) in [4.78, 5) is 23.0. The number of ether oxygens (including phenoxy) is 1. The van der Waals surface area contributed by atoms with E-state index in [1.54, 1.807) is 0 Å². The normalized spacial score (nSPS) is 26.4. The molecule has 0 N–H and O–H groups in total. The number of ketones is 1. The van der Waals surface area contributed by atoms with Gasteiger partial charge in [-0.05, 0) is 25.7 Å². The molecule has 3 heteroatoms. The van der Waals surface area contributed by atoms with Crippen LogP contribution in [0.5, 0.6) is 0 Å². The molecule has 1 fully saturated rings. The highest BCUT2D eigenvalue weighted by molar-refractivity contribution is 5.83. The molecule has 1 aliphatic rings. The third-order valence-corrected chi connectivity index (χ3v) is 3.23. The predicted octanol–water partition coefficient (Wildman–Crippen LogP) is 2.19. The van der Waals surface area contributed by atoms with Crippen LogP contribution in [0, 0.1) is 17.8 Å². The lowest BCUT2D eigenvalue weighted by Crippen LogP contribution is -2.28. The van der Waals surface area contributed by atoms with Crippen LogP contribution in [0.1, 0.15) is 39.5 Å². The molecule has 0 unspecified atom stereocenters. The van der Waals surface area contributed by atoms with Crippen LogP contribution in [0.25, 0.3) is 0 Å². The van der Waals surface area contributed by atoms with Crippen LogP contribution in [-0.2, 0) is 14.3 Å². The quantitative estimate of drug-likeness (QED) is 0.673. The first-order valence-corrected chi connectivity index (χ1v) is 5.67. The number of methoxy groups -OCH3 is 1. The van der Waals surface area contributed by atoms with Crippen molar-refractivity contribution in [3.63, 3.8) is 0 Å². The molecule has 0 aromatic rings. The number of Topliss-reactive ketones (excluding diaryl/α,β-unsaturated/α-hetero) is 1. The van der Waals surface area contributed by atoms with E-state index in [-0.39, 0.29) is 23.7 Å². The van der Waals surface area contributed by atoms with Crippen LogP contribution in [0.15, 0.2) is 0 Å². The maximum Gasteiger partial charge on any atom is 0.308 e. The maximum absolute atomic E-state index is 11.7. The molecule has 0 bridgehead atoms. The van der Waals surface area contributed by atoms with Gasteiger partial charge >= 0.3 is 5.97 Å². The second-order valence-corrected chi connectivity index (χ2v) is 4.63. The van der Waals surface area contributed by atoms with Gasteiger partial charge in [-0.3, -0.25) is 9.59 Å². The molecule has 1 aliphatic carbocycles. The van der Waals surface area contributed by atoms with Crippen molar-refractivity contribution in [1.29, 1.82) is 0 Å². The van der Waals surface area contributed by atoms with E-state index in [0.29, 0.717) is 5.78 Å². The monoisotopic (exact) mass is 212 g/mol. The van der Waals surface area contributed by atoms with Crippen molar-refractivity contribution in [2.45, 2.75) is 39.5 Å². The molecule has 0 aliphatic heterocycles. The van der Waals surface area contributed by atoms with Gasteiger partial charge in [0.15, 0.2) is 0 Å². The summed E-state index contributed by atoms with van der Waals surface area (Å²) in [5.41, 5.74) is 0. The lowest BCUT2D eigenvalue weighted by molar-refractivity contribution is -0.147. The summed E-state index contributed by atoms with van der Waals surface area (Å²) in [6, 6.07) is 0. The van der Waals surface area contributed by atoms with Crippen molar-refractivity contribution in [2.75, 3.05) is 7.11 Å². The minimum absolute atomic E-state index is 0.0196. The number of hydrogen-bond donors (Lipinski definition) is 0. The van der Waals surface area contributed by atoms with Gasteiger partial charge in [-0.15, -0.1) is 0 Å². The van der Waals surface area contributed by atoms with Crippen LogP contribution in [0.4, 0.5) is 0 Å². The van der Waals surface area contributed by atoms with Crippen molar-refractivity contribution in [2.24, 2.45) is 17.8 Å². The number of carbonyl (C=O) groups excluding carboxylic acids is 2. The summed E-state index contributed by atoms with van der Waals surface area (Å²) in [5.74, 6) is 0.533. The van der Waals surface area contributed by atoms with Crippen molar-refractivity contribution >= 4 is 11.8 Å². The van der Waals surface area contributed by atoms with Gasteiger partial charge in [-0.25, -0.2) is 0 Å². The Morgan fingerprint density at radius 1 is 1.07 bits per heavy atom. The molecular weight excluding hydrogens is 192 g/mol. The molecule has 86 valence electrons. The minimum Gasteiger partial charge on any atom is -0.469 e. The van der Waals surface area contributed by atoms with Gasteiger partial charge in [-0.2, -0.15) is 0 Å². The summed E-state index contributed by atoms with van der Waals surface area (Å²) in [5, 5.41) is 0. The van der Waals surface area contributed by atoms with Gasteiger partial charge in [0.2, 0.25) is 0 Å². The molecule has 0 aromatic carbocycles. The summed E-state index contributed by atoms with van der Waals surface area (Å²) in [6.45, 7) is 3.88. The number of rotatable bonds is 3. The number of esters is 1. The zero-order valence-electron chi connectivity index (χ0n) is 9.79. The maximum atomic E-state index is 11.7. The smallest absolute Gasteiger partial charge is 0.308 e. The fraction of sp³-hybridized carbons (Fsp3) is 0.833. The predicted molar refractivity (Wildman–Crippen MR) is 57.3 cm³/mol. The van der Waals surface area contributed by atoms with Crippen LogP contribution >= 0.6 is 0 Å². The lowest BCUT2D eigenvalue weighted by Gasteiger charge is -2.26. The summed E-state index contributed by atoms with van der Waals surface area (Å²) in [6.07, 6.45) is 3.29.